The zero-order valence-electron chi connectivity index (χ0n) is 7.98. The van der Waals surface area contributed by atoms with Gasteiger partial charge in [-0.15, -0.1) is 0 Å². The molecule has 0 unspecified atom stereocenters. The molecule has 1 aliphatic rings. The average Bonchev–Trinajstić information content (AvgIpc) is 2.20. The van der Waals surface area contributed by atoms with Gasteiger partial charge in [0.2, 0.25) is 5.95 Å². The Balaban J connectivity index is 0.000000980. The van der Waals surface area contributed by atoms with Gasteiger partial charge in [-0.3, -0.25) is 0 Å². The molecule has 1 aromatic rings. The summed E-state index contributed by atoms with van der Waals surface area (Å²) in [5.74, 6) is 1.74. The Bertz CT molecular complexity index is 252. The number of aromatic nitrogens is 2. The summed E-state index contributed by atoms with van der Waals surface area (Å²) in [7, 11) is 0. The monoisotopic (exact) mass is 193 g/mol. The van der Waals surface area contributed by atoms with E-state index in [1.54, 1.807) is 12.4 Å². The third-order valence-electron chi connectivity index (χ3n) is 2.62. The summed E-state index contributed by atoms with van der Waals surface area (Å²) in [4.78, 5) is 10.7. The van der Waals surface area contributed by atoms with E-state index in [-0.39, 0.29) is 7.43 Å². The molecule has 0 aromatic carbocycles. The van der Waals surface area contributed by atoms with Crippen molar-refractivity contribution < 1.29 is 0 Å². The first-order valence-electron chi connectivity index (χ1n) is 4.88. The second-order valence-corrected chi connectivity index (χ2v) is 3.72. The molecule has 78 valence electrons. The van der Waals surface area contributed by atoms with E-state index >= 15 is 0 Å². The largest absolute Gasteiger partial charge is 0.341 e. The molecular formula is C11H19N3. The molecule has 1 saturated heterocycles. The van der Waals surface area contributed by atoms with Crippen molar-refractivity contribution in [2.24, 2.45) is 5.92 Å². The van der Waals surface area contributed by atoms with Crippen LogP contribution in [0.4, 0.5) is 5.95 Å². The number of hydrogen-bond acceptors (Lipinski definition) is 3. The van der Waals surface area contributed by atoms with Crippen LogP contribution in [0.5, 0.6) is 0 Å². The molecule has 1 fully saturated rings. The van der Waals surface area contributed by atoms with Crippen molar-refractivity contribution in [1.29, 1.82) is 0 Å². The van der Waals surface area contributed by atoms with E-state index < -0.39 is 0 Å². The maximum atomic E-state index is 4.24. The fourth-order valence-corrected chi connectivity index (χ4v) is 1.66. The van der Waals surface area contributed by atoms with Crippen molar-refractivity contribution >= 4 is 5.95 Å². The van der Waals surface area contributed by atoms with Crippen LogP contribution < -0.4 is 4.90 Å². The van der Waals surface area contributed by atoms with Crippen molar-refractivity contribution in [3.63, 3.8) is 0 Å². The highest BCUT2D eigenvalue weighted by Crippen LogP contribution is 2.18. The van der Waals surface area contributed by atoms with Crippen LogP contribution in [0, 0.1) is 5.92 Å². The number of rotatable bonds is 1. The molecule has 0 atom stereocenters. The van der Waals surface area contributed by atoms with Crippen LogP contribution >= 0.6 is 0 Å². The topological polar surface area (TPSA) is 29.0 Å². The summed E-state index contributed by atoms with van der Waals surface area (Å²) >= 11 is 0. The first kappa shape index (κ1) is 11.0. The Morgan fingerprint density at radius 2 is 1.79 bits per heavy atom. The molecule has 14 heavy (non-hydrogen) atoms. The van der Waals surface area contributed by atoms with Gasteiger partial charge in [-0.25, -0.2) is 9.97 Å². The minimum Gasteiger partial charge on any atom is -0.341 e. The second kappa shape index (κ2) is 4.94. The third-order valence-corrected chi connectivity index (χ3v) is 2.62. The summed E-state index contributed by atoms with van der Waals surface area (Å²) < 4.78 is 0. The molecule has 2 rings (SSSR count). The molecule has 3 nitrogen and oxygen atoms in total. The van der Waals surface area contributed by atoms with Gasteiger partial charge >= 0.3 is 0 Å². The summed E-state index contributed by atoms with van der Waals surface area (Å²) in [6.07, 6.45) is 6.14. The number of piperidine rings is 1. The first-order chi connectivity index (χ1) is 6.36. The molecule has 1 aromatic heterocycles. The van der Waals surface area contributed by atoms with Crippen LogP contribution in [0.15, 0.2) is 18.5 Å². The van der Waals surface area contributed by atoms with Crippen LogP contribution in [0.3, 0.4) is 0 Å². The van der Waals surface area contributed by atoms with E-state index in [2.05, 4.69) is 21.8 Å². The Labute approximate surface area is 86.2 Å². The molecule has 0 bridgehead atoms. The molecule has 0 spiro atoms. The standard InChI is InChI=1S/C10H15N3.CH4/c1-9-3-7-13(8-4-9)10-11-5-2-6-12-10;/h2,5-6,9H,3-4,7-8H2,1H3;1H4. The zero-order valence-corrected chi connectivity index (χ0v) is 7.98. The van der Waals surface area contributed by atoms with Gasteiger partial charge in [0.05, 0.1) is 0 Å². The highest BCUT2D eigenvalue weighted by molar-refractivity contribution is 5.28. The lowest BCUT2D eigenvalue weighted by atomic mass is 10.00. The lowest BCUT2D eigenvalue weighted by molar-refractivity contribution is 0.434. The summed E-state index contributed by atoms with van der Waals surface area (Å²) in [6, 6.07) is 1.86. The van der Waals surface area contributed by atoms with Gasteiger partial charge < -0.3 is 4.90 Å². The highest BCUT2D eigenvalue weighted by Gasteiger charge is 2.16. The molecule has 0 aliphatic carbocycles. The van der Waals surface area contributed by atoms with Crippen molar-refractivity contribution in [2.45, 2.75) is 27.2 Å². The second-order valence-electron chi connectivity index (χ2n) is 3.72. The van der Waals surface area contributed by atoms with Gasteiger partial charge in [0.1, 0.15) is 0 Å². The maximum absolute atomic E-state index is 4.24. The summed E-state index contributed by atoms with van der Waals surface area (Å²) in [6.45, 7) is 4.51. The maximum Gasteiger partial charge on any atom is 0.225 e. The average molecular weight is 193 g/mol. The van der Waals surface area contributed by atoms with Gasteiger partial charge in [0.25, 0.3) is 0 Å². The van der Waals surface area contributed by atoms with Crippen molar-refractivity contribution in [3.8, 4) is 0 Å². The SMILES string of the molecule is C.CC1CCN(c2ncccn2)CC1. The van der Waals surface area contributed by atoms with E-state index in [9.17, 15) is 0 Å². The third kappa shape index (κ3) is 2.44. The fourth-order valence-electron chi connectivity index (χ4n) is 1.66. The van der Waals surface area contributed by atoms with Crippen LogP contribution in [0.1, 0.15) is 27.2 Å². The molecule has 3 heteroatoms. The first-order valence-corrected chi connectivity index (χ1v) is 4.88. The summed E-state index contributed by atoms with van der Waals surface area (Å²) in [5, 5.41) is 0. The van der Waals surface area contributed by atoms with Gasteiger partial charge in [0, 0.05) is 25.5 Å². The van der Waals surface area contributed by atoms with E-state index in [1.165, 1.54) is 12.8 Å². The predicted octanol–water partition coefficient (Wildman–Crippen LogP) is 2.35. The van der Waals surface area contributed by atoms with Gasteiger partial charge in [-0.05, 0) is 24.8 Å². The van der Waals surface area contributed by atoms with E-state index in [0.717, 1.165) is 25.0 Å². The van der Waals surface area contributed by atoms with Crippen LogP contribution in [-0.4, -0.2) is 23.1 Å². The fraction of sp³-hybridized carbons (Fsp3) is 0.636. The summed E-state index contributed by atoms with van der Waals surface area (Å²) in [5.41, 5.74) is 0. The van der Waals surface area contributed by atoms with E-state index in [4.69, 9.17) is 0 Å². The molecular weight excluding hydrogens is 174 g/mol. The minimum absolute atomic E-state index is 0. The van der Waals surface area contributed by atoms with Crippen molar-refractivity contribution in [1.82, 2.24) is 9.97 Å². The molecule has 0 radical (unpaired) electrons. The van der Waals surface area contributed by atoms with Crippen molar-refractivity contribution in [2.75, 3.05) is 18.0 Å². The van der Waals surface area contributed by atoms with Crippen molar-refractivity contribution in [3.05, 3.63) is 18.5 Å². The zero-order chi connectivity index (χ0) is 9.10. The number of hydrogen-bond donors (Lipinski definition) is 0. The molecule has 0 amide bonds. The Morgan fingerprint density at radius 3 is 2.36 bits per heavy atom. The molecule has 0 saturated carbocycles. The lowest BCUT2D eigenvalue weighted by Crippen LogP contribution is -2.33. The quantitative estimate of drug-likeness (QED) is 0.685. The lowest BCUT2D eigenvalue weighted by Gasteiger charge is -2.29. The number of nitrogens with zero attached hydrogens (tertiary/aromatic N) is 3. The molecule has 2 heterocycles. The Kier molecular flexibility index (Phi) is 3.86. The molecule has 1 aliphatic heterocycles. The van der Waals surface area contributed by atoms with Crippen LogP contribution in [0.25, 0.3) is 0 Å². The van der Waals surface area contributed by atoms with Crippen LogP contribution in [-0.2, 0) is 0 Å². The van der Waals surface area contributed by atoms with E-state index in [0.29, 0.717) is 0 Å². The number of anilines is 1. The smallest absolute Gasteiger partial charge is 0.225 e. The van der Waals surface area contributed by atoms with Gasteiger partial charge in [0.15, 0.2) is 0 Å². The van der Waals surface area contributed by atoms with E-state index in [1.807, 2.05) is 6.07 Å². The predicted molar refractivity (Wildman–Crippen MR) is 59.4 cm³/mol. The Hall–Kier alpha value is -1.12. The molecule has 0 N–H and O–H groups in total. The van der Waals surface area contributed by atoms with Gasteiger partial charge in [-0.2, -0.15) is 0 Å². The minimum atomic E-state index is 0. The normalized spacial score (nSPS) is 17.6. The highest BCUT2D eigenvalue weighted by atomic mass is 15.2. The van der Waals surface area contributed by atoms with Crippen LogP contribution in [0.2, 0.25) is 0 Å². The Morgan fingerprint density at radius 1 is 1.21 bits per heavy atom. The van der Waals surface area contributed by atoms with Gasteiger partial charge in [-0.1, -0.05) is 14.4 Å².